The van der Waals surface area contributed by atoms with Crippen molar-refractivity contribution in [1.82, 2.24) is 20.1 Å². The summed E-state index contributed by atoms with van der Waals surface area (Å²) in [6.45, 7) is 4.80. The fourth-order valence-corrected chi connectivity index (χ4v) is 2.74. The Morgan fingerprint density at radius 2 is 1.74 bits per heavy atom. The summed E-state index contributed by atoms with van der Waals surface area (Å²) in [6.07, 6.45) is 3.69. The number of nitrogens with zero attached hydrogens (tertiary/aromatic N) is 3. The molecule has 1 aliphatic heterocycles. The molecular weight excluding hydrogens is 288 g/mol. The third kappa shape index (κ3) is 4.53. The maximum absolute atomic E-state index is 12.2. The predicted molar refractivity (Wildman–Crippen MR) is 89.8 cm³/mol. The average molecular weight is 310 g/mol. The number of carbonyl (C=O) groups is 1. The van der Waals surface area contributed by atoms with Gasteiger partial charge in [-0.25, -0.2) is 4.79 Å². The van der Waals surface area contributed by atoms with Gasteiger partial charge in [0, 0.05) is 51.7 Å². The lowest BCUT2D eigenvalue weighted by molar-refractivity contribution is 0.135. The first-order chi connectivity index (χ1) is 11.3. The molecule has 1 aromatic carbocycles. The Kier molecular flexibility index (Phi) is 5.21. The molecule has 0 unspecified atom stereocenters. The van der Waals surface area contributed by atoms with Crippen molar-refractivity contribution in [3.63, 3.8) is 0 Å². The summed E-state index contributed by atoms with van der Waals surface area (Å²) in [5, 5.41) is 2.99. The number of nitrogens with one attached hydrogen (secondary N) is 1. The number of piperazine rings is 1. The highest BCUT2D eigenvalue weighted by Crippen LogP contribution is 2.08. The minimum atomic E-state index is 0.0230. The molecule has 2 aromatic rings. The van der Waals surface area contributed by atoms with Crippen LogP contribution in [0, 0.1) is 0 Å². The summed E-state index contributed by atoms with van der Waals surface area (Å²) in [5.74, 6) is 0. The predicted octanol–water partition coefficient (Wildman–Crippen LogP) is 2.11. The lowest BCUT2D eigenvalue weighted by Gasteiger charge is -2.34. The van der Waals surface area contributed by atoms with Crippen molar-refractivity contribution in [1.29, 1.82) is 0 Å². The molecule has 0 atom stereocenters. The lowest BCUT2D eigenvalue weighted by atomic mass is 10.2. The summed E-state index contributed by atoms with van der Waals surface area (Å²) in [6, 6.07) is 14.1. The molecule has 1 N–H and O–H groups in total. The summed E-state index contributed by atoms with van der Waals surface area (Å²) < 4.78 is 0. The molecule has 0 bridgehead atoms. The van der Waals surface area contributed by atoms with Crippen LogP contribution >= 0.6 is 0 Å². The van der Waals surface area contributed by atoms with Crippen molar-refractivity contribution in [3.05, 3.63) is 66.0 Å². The standard InChI is InChI=1S/C18H22N4O/c23-18(20-14-16-5-2-1-3-6-16)22-11-9-21(10-12-22)15-17-7-4-8-19-13-17/h1-8,13H,9-12,14-15H2,(H,20,23). The van der Waals surface area contributed by atoms with Crippen LogP contribution in [0.5, 0.6) is 0 Å². The van der Waals surface area contributed by atoms with E-state index >= 15 is 0 Å². The molecule has 2 amide bonds. The van der Waals surface area contributed by atoms with E-state index < -0.39 is 0 Å². The average Bonchev–Trinajstić information content (AvgIpc) is 2.62. The first-order valence-electron chi connectivity index (χ1n) is 7.99. The van der Waals surface area contributed by atoms with Crippen molar-refractivity contribution in [2.75, 3.05) is 26.2 Å². The Balaban J connectivity index is 1.42. The number of hydrogen-bond donors (Lipinski definition) is 1. The fourth-order valence-electron chi connectivity index (χ4n) is 2.74. The van der Waals surface area contributed by atoms with Crippen LogP contribution in [0.15, 0.2) is 54.9 Å². The van der Waals surface area contributed by atoms with Gasteiger partial charge in [-0.3, -0.25) is 9.88 Å². The zero-order chi connectivity index (χ0) is 15.9. The van der Waals surface area contributed by atoms with Gasteiger partial charge in [0.15, 0.2) is 0 Å². The highest BCUT2D eigenvalue weighted by Gasteiger charge is 2.20. The molecular formula is C18H22N4O. The van der Waals surface area contributed by atoms with Crippen LogP contribution in [-0.2, 0) is 13.1 Å². The van der Waals surface area contributed by atoms with E-state index in [9.17, 15) is 4.79 Å². The highest BCUT2D eigenvalue weighted by atomic mass is 16.2. The van der Waals surface area contributed by atoms with Gasteiger partial charge >= 0.3 is 6.03 Å². The van der Waals surface area contributed by atoms with Crippen LogP contribution in [0.4, 0.5) is 4.79 Å². The van der Waals surface area contributed by atoms with Crippen LogP contribution in [0.25, 0.3) is 0 Å². The van der Waals surface area contributed by atoms with Gasteiger partial charge in [0.2, 0.25) is 0 Å². The number of carbonyl (C=O) groups excluding carboxylic acids is 1. The molecule has 1 saturated heterocycles. The molecule has 0 saturated carbocycles. The maximum atomic E-state index is 12.2. The van der Waals surface area contributed by atoms with Crippen LogP contribution in [-0.4, -0.2) is 47.0 Å². The lowest BCUT2D eigenvalue weighted by Crippen LogP contribution is -2.51. The van der Waals surface area contributed by atoms with Crippen LogP contribution in [0.2, 0.25) is 0 Å². The summed E-state index contributed by atoms with van der Waals surface area (Å²) >= 11 is 0. The number of hydrogen-bond acceptors (Lipinski definition) is 3. The molecule has 2 heterocycles. The smallest absolute Gasteiger partial charge is 0.317 e. The van der Waals surface area contributed by atoms with E-state index in [1.54, 1.807) is 6.20 Å². The zero-order valence-electron chi connectivity index (χ0n) is 13.2. The maximum Gasteiger partial charge on any atom is 0.317 e. The molecule has 0 aliphatic carbocycles. The van der Waals surface area contributed by atoms with Gasteiger partial charge in [0.05, 0.1) is 0 Å². The van der Waals surface area contributed by atoms with Crippen LogP contribution < -0.4 is 5.32 Å². The second kappa shape index (κ2) is 7.74. The Morgan fingerprint density at radius 1 is 1.00 bits per heavy atom. The van der Waals surface area contributed by atoms with E-state index in [1.165, 1.54) is 5.56 Å². The zero-order valence-corrected chi connectivity index (χ0v) is 13.2. The largest absolute Gasteiger partial charge is 0.334 e. The number of amides is 2. The van der Waals surface area contributed by atoms with Crippen LogP contribution in [0.3, 0.4) is 0 Å². The number of urea groups is 1. The second-order valence-corrected chi connectivity index (χ2v) is 5.77. The number of aromatic nitrogens is 1. The van der Waals surface area contributed by atoms with Gasteiger partial charge in [0.25, 0.3) is 0 Å². The molecule has 3 rings (SSSR count). The topological polar surface area (TPSA) is 48.5 Å². The van der Waals surface area contributed by atoms with E-state index in [2.05, 4.69) is 21.3 Å². The molecule has 0 radical (unpaired) electrons. The van der Waals surface area contributed by atoms with Crippen molar-refractivity contribution < 1.29 is 4.79 Å². The molecule has 5 nitrogen and oxygen atoms in total. The van der Waals surface area contributed by atoms with Gasteiger partial charge in [-0.15, -0.1) is 0 Å². The summed E-state index contributed by atoms with van der Waals surface area (Å²) in [7, 11) is 0. The molecule has 5 heteroatoms. The van der Waals surface area contributed by atoms with E-state index in [0.29, 0.717) is 6.54 Å². The van der Waals surface area contributed by atoms with Gasteiger partial charge in [0.1, 0.15) is 0 Å². The quantitative estimate of drug-likeness (QED) is 0.941. The molecule has 1 fully saturated rings. The summed E-state index contributed by atoms with van der Waals surface area (Å²) in [5.41, 5.74) is 2.34. The Labute approximate surface area is 136 Å². The first kappa shape index (κ1) is 15.5. The number of rotatable bonds is 4. The molecule has 1 aromatic heterocycles. The van der Waals surface area contributed by atoms with E-state index in [-0.39, 0.29) is 6.03 Å². The first-order valence-corrected chi connectivity index (χ1v) is 7.99. The second-order valence-electron chi connectivity index (χ2n) is 5.77. The van der Waals surface area contributed by atoms with E-state index in [0.717, 1.165) is 38.3 Å². The Morgan fingerprint density at radius 3 is 2.43 bits per heavy atom. The van der Waals surface area contributed by atoms with Crippen molar-refractivity contribution >= 4 is 6.03 Å². The van der Waals surface area contributed by atoms with Crippen molar-refractivity contribution in [3.8, 4) is 0 Å². The normalized spacial score (nSPS) is 15.4. The highest BCUT2D eigenvalue weighted by molar-refractivity contribution is 5.74. The number of pyridine rings is 1. The van der Waals surface area contributed by atoms with Gasteiger partial charge < -0.3 is 10.2 Å². The third-order valence-corrected chi connectivity index (χ3v) is 4.08. The van der Waals surface area contributed by atoms with Crippen molar-refractivity contribution in [2.45, 2.75) is 13.1 Å². The third-order valence-electron chi connectivity index (χ3n) is 4.08. The SMILES string of the molecule is O=C(NCc1ccccc1)N1CCN(Cc2cccnc2)CC1. The Bertz CT molecular complexity index is 609. The molecule has 23 heavy (non-hydrogen) atoms. The van der Waals surface area contributed by atoms with E-state index in [4.69, 9.17) is 0 Å². The molecule has 120 valence electrons. The summed E-state index contributed by atoms with van der Waals surface area (Å²) in [4.78, 5) is 20.6. The van der Waals surface area contributed by atoms with Gasteiger partial charge in [-0.05, 0) is 17.2 Å². The monoisotopic (exact) mass is 310 g/mol. The molecule has 1 aliphatic rings. The van der Waals surface area contributed by atoms with Crippen molar-refractivity contribution in [2.24, 2.45) is 0 Å². The van der Waals surface area contributed by atoms with Gasteiger partial charge in [-0.1, -0.05) is 36.4 Å². The fraction of sp³-hybridized carbons (Fsp3) is 0.333. The van der Waals surface area contributed by atoms with Gasteiger partial charge in [-0.2, -0.15) is 0 Å². The minimum absolute atomic E-state index is 0.0230. The van der Waals surface area contributed by atoms with E-state index in [1.807, 2.05) is 47.5 Å². The Hall–Kier alpha value is -2.40. The minimum Gasteiger partial charge on any atom is -0.334 e. The van der Waals surface area contributed by atoms with Crippen LogP contribution in [0.1, 0.15) is 11.1 Å². The molecule has 0 spiro atoms. The number of benzene rings is 1.